The van der Waals surface area contributed by atoms with E-state index in [9.17, 15) is 0 Å². The summed E-state index contributed by atoms with van der Waals surface area (Å²) in [7, 11) is 0. The summed E-state index contributed by atoms with van der Waals surface area (Å²) < 4.78 is 5.30. The maximum absolute atomic E-state index is 4.91. The standard InChI is InChI=1S/C28H22N2.C22H17IN2/c1-5-13-23(14-6-1)24-21-29-30(22-24)28(25-15-7-2-8-16-25,26-17-9-3-10-18-26)27-19-11-4-12-20-27;23-21-16-24-25(17-21)22(18-10-4-1-5-11-18,19-12-6-2-7-13-19)20-14-8-3-9-15-20/h1-22H;1-17H. The van der Waals surface area contributed by atoms with Gasteiger partial charge < -0.3 is 0 Å². The molecule has 0 N–H and O–H groups in total. The molecule has 2 heterocycles. The van der Waals surface area contributed by atoms with Crippen molar-refractivity contribution in [1.29, 1.82) is 0 Å². The molecule has 5 heteroatoms. The topological polar surface area (TPSA) is 35.6 Å². The van der Waals surface area contributed by atoms with E-state index in [-0.39, 0.29) is 0 Å². The van der Waals surface area contributed by atoms with Crippen LogP contribution in [0.5, 0.6) is 0 Å². The second kappa shape index (κ2) is 16.4. The Labute approximate surface area is 336 Å². The molecule has 7 aromatic carbocycles. The van der Waals surface area contributed by atoms with E-state index >= 15 is 0 Å². The Kier molecular flexibility index (Phi) is 10.6. The Morgan fingerprint density at radius 3 is 0.873 bits per heavy atom. The Morgan fingerprint density at radius 1 is 0.309 bits per heavy atom. The first-order chi connectivity index (χ1) is 27.2. The van der Waals surface area contributed by atoms with Crippen LogP contribution in [0, 0.1) is 3.57 Å². The quantitative estimate of drug-likeness (QED) is 0.107. The van der Waals surface area contributed by atoms with Crippen LogP contribution in [0.1, 0.15) is 33.4 Å². The number of rotatable bonds is 9. The maximum atomic E-state index is 4.91. The van der Waals surface area contributed by atoms with Crippen LogP contribution in [0.4, 0.5) is 0 Å². The molecule has 0 saturated carbocycles. The number of benzene rings is 7. The van der Waals surface area contributed by atoms with Gasteiger partial charge in [0.15, 0.2) is 0 Å². The predicted molar refractivity (Wildman–Crippen MR) is 232 cm³/mol. The molecule has 0 aliphatic heterocycles. The molecule has 0 aliphatic rings. The van der Waals surface area contributed by atoms with Crippen LogP contribution in [0.3, 0.4) is 0 Å². The van der Waals surface area contributed by atoms with Crippen LogP contribution in [0.25, 0.3) is 11.1 Å². The first kappa shape index (κ1) is 35.7. The lowest BCUT2D eigenvalue weighted by molar-refractivity contribution is 0.460. The SMILES string of the molecule is Ic1cnn(C(c2ccccc2)(c2ccccc2)c2ccccc2)c1.c1ccc(-c2cnn(C(c3ccccc3)(c3ccccc3)c3ccccc3)c2)cc1. The van der Waals surface area contributed by atoms with E-state index < -0.39 is 11.1 Å². The number of nitrogens with zero attached hydrogens (tertiary/aromatic N) is 4. The van der Waals surface area contributed by atoms with Gasteiger partial charge in [-0.1, -0.05) is 212 Å². The number of hydrogen-bond acceptors (Lipinski definition) is 2. The minimum Gasteiger partial charge on any atom is -0.252 e. The summed E-state index contributed by atoms with van der Waals surface area (Å²) >= 11 is 2.32. The minimum atomic E-state index is -0.573. The minimum absolute atomic E-state index is 0.507. The summed E-state index contributed by atoms with van der Waals surface area (Å²) in [6.45, 7) is 0. The zero-order valence-electron chi connectivity index (χ0n) is 30.2. The molecule has 9 aromatic rings. The maximum Gasteiger partial charge on any atom is 0.138 e. The van der Waals surface area contributed by atoms with Crippen LogP contribution >= 0.6 is 22.6 Å². The van der Waals surface area contributed by atoms with Crippen molar-refractivity contribution in [2.24, 2.45) is 0 Å². The van der Waals surface area contributed by atoms with Crippen molar-refractivity contribution in [3.63, 3.8) is 0 Å². The number of halogens is 1. The lowest BCUT2D eigenvalue weighted by Gasteiger charge is -2.36. The summed E-state index contributed by atoms with van der Waals surface area (Å²) in [5.74, 6) is 0. The van der Waals surface area contributed by atoms with Gasteiger partial charge >= 0.3 is 0 Å². The average molecular weight is 823 g/mol. The van der Waals surface area contributed by atoms with Crippen LogP contribution in [0.2, 0.25) is 0 Å². The highest BCUT2D eigenvalue weighted by Crippen LogP contribution is 2.42. The Morgan fingerprint density at radius 2 is 0.582 bits per heavy atom. The molecule has 0 atom stereocenters. The molecule has 4 nitrogen and oxygen atoms in total. The van der Waals surface area contributed by atoms with Crippen molar-refractivity contribution in [3.05, 3.63) is 274 Å². The van der Waals surface area contributed by atoms with Gasteiger partial charge in [-0.2, -0.15) is 10.2 Å². The fourth-order valence-electron chi connectivity index (χ4n) is 7.64. The third-order valence-electron chi connectivity index (χ3n) is 10.1. The fourth-order valence-corrected chi connectivity index (χ4v) is 8.03. The van der Waals surface area contributed by atoms with Crippen LogP contribution in [-0.4, -0.2) is 19.6 Å². The second-order valence-corrected chi connectivity index (χ2v) is 14.5. The first-order valence-electron chi connectivity index (χ1n) is 18.3. The van der Waals surface area contributed by atoms with Crippen molar-refractivity contribution in [1.82, 2.24) is 19.6 Å². The van der Waals surface area contributed by atoms with E-state index in [1.807, 2.05) is 18.5 Å². The molecule has 266 valence electrons. The van der Waals surface area contributed by atoms with E-state index in [4.69, 9.17) is 10.2 Å². The zero-order valence-corrected chi connectivity index (χ0v) is 32.3. The van der Waals surface area contributed by atoms with Crippen molar-refractivity contribution < 1.29 is 0 Å². The lowest BCUT2D eigenvalue weighted by atomic mass is 9.77. The van der Waals surface area contributed by atoms with E-state index in [2.05, 4.69) is 251 Å². The van der Waals surface area contributed by atoms with Crippen molar-refractivity contribution in [2.75, 3.05) is 0 Å². The normalized spacial score (nSPS) is 11.4. The number of hydrogen-bond donors (Lipinski definition) is 0. The summed E-state index contributed by atoms with van der Waals surface area (Å²) in [5, 5.41) is 9.64. The zero-order chi connectivity index (χ0) is 37.3. The summed E-state index contributed by atoms with van der Waals surface area (Å²) in [6.07, 6.45) is 8.12. The average Bonchev–Trinajstić information content (AvgIpc) is 3.95. The van der Waals surface area contributed by atoms with Gasteiger partial charge in [-0.3, -0.25) is 9.36 Å². The van der Waals surface area contributed by atoms with E-state index in [0.717, 1.165) is 14.7 Å². The fraction of sp³-hybridized carbons (Fsp3) is 0.0400. The van der Waals surface area contributed by atoms with Crippen molar-refractivity contribution >= 4 is 22.6 Å². The molecular formula is C50H39IN4. The van der Waals surface area contributed by atoms with Crippen molar-refractivity contribution in [2.45, 2.75) is 11.1 Å². The molecule has 0 spiro atoms. The van der Waals surface area contributed by atoms with Gasteiger partial charge in [0.05, 0.1) is 16.0 Å². The highest BCUT2D eigenvalue weighted by molar-refractivity contribution is 14.1. The largest absolute Gasteiger partial charge is 0.252 e. The molecule has 2 aromatic heterocycles. The molecule has 0 fully saturated rings. The summed E-state index contributed by atoms with van der Waals surface area (Å²) in [5.41, 5.74) is 8.25. The van der Waals surface area contributed by atoms with Gasteiger partial charge in [0.1, 0.15) is 11.1 Å². The predicted octanol–water partition coefficient (Wildman–Crippen LogP) is 11.7. The third-order valence-corrected chi connectivity index (χ3v) is 10.6. The molecule has 0 unspecified atom stereocenters. The van der Waals surface area contributed by atoms with Gasteiger partial charge in [-0.15, -0.1) is 0 Å². The van der Waals surface area contributed by atoms with Gasteiger partial charge in [0.25, 0.3) is 0 Å². The van der Waals surface area contributed by atoms with Gasteiger partial charge in [0.2, 0.25) is 0 Å². The molecule has 0 aliphatic carbocycles. The Hall–Kier alpha value is -6.31. The highest BCUT2D eigenvalue weighted by Gasteiger charge is 2.40. The van der Waals surface area contributed by atoms with Gasteiger partial charge in [-0.05, 0) is 61.5 Å². The third kappa shape index (κ3) is 6.95. The second-order valence-electron chi connectivity index (χ2n) is 13.3. The molecule has 0 radical (unpaired) electrons. The molecular weight excluding hydrogens is 783 g/mol. The Bertz CT molecular complexity index is 2330. The lowest BCUT2D eigenvalue weighted by Crippen LogP contribution is -2.38. The molecule has 0 amide bonds. The van der Waals surface area contributed by atoms with E-state index in [1.165, 1.54) is 33.4 Å². The van der Waals surface area contributed by atoms with E-state index in [1.54, 1.807) is 0 Å². The van der Waals surface area contributed by atoms with Gasteiger partial charge in [0, 0.05) is 18.0 Å². The highest BCUT2D eigenvalue weighted by atomic mass is 127. The van der Waals surface area contributed by atoms with E-state index in [0.29, 0.717) is 0 Å². The van der Waals surface area contributed by atoms with Crippen LogP contribution in [0.15, 0.2) is 237 Å². The number of aromatic nitrogens is 4. The van der Waals surface area contributed by atoms with Crippen LogP contribution in [-0.2, 0) is 11.1 Å². The molecule has 9 rings (SSSR count). The monoisotopic (exact) mass is 822 g/mol. The summed E-state index contributed by atoms with van der Waals surface area (Å²) in [6, 6.07) is 74.0. The molecule has 0 saturated heterocycles. The Balaban J connectivity index is 0.000000158. The van der Waals surface area contributed by atoms with Gasteiger partial charge in [-0.25, -0.2) is 0 Å². The van der Waals surface area contributed by atoms with Crippen LogP contribution < -0.4 is 0 Å². The first-order valence-corrected chi connectivity index (χ1v) is 19.4. The summed E-state index contributed by atoms with van der Waals surface area (Å²) in [4.78, 5) is 0. The molecule has 55 heavy (non-hydrogen) atoms. The smallest absolute Gasteiger partial charge is 0.138 e. The van der Waals surface area contributed by atoms with Crippen molar-refractivity contribution in [3.8, 4) is 11.1 Å². The molecule has 0 bridgehead atoms.